The molecule has 1 N–H and O–H groups in total. The largest absolute Gasteiger partial charge is 0.362 e. The molecule has 0 amide bonds. The van der Waals surface area contributed by atoms with Crippen LogP contribution >= 0.6 is 11.3 Å². The molecule has 0 saturated carbocycles. The third-order valence-corrected chi connectivity index (χ3v) is 3.54. The van der Waals surface area contributed by atoms with Crippen molar-refractivity contribution in [3.63, 3.8) is 0 Å². The lowest BCUT2D eigenvalue weighted by molar-refractivity contribution is -0.386. The van der Waals surface area contributed by atoms with E-state index in [4.69, 9.17) is 0 Å². The Morgan fingerprint density at radius 3 is 3.05 bits per heavy atom. The Kier molecular flexibility index (Phi) is 4.46. The Labute approximate surface area is 119 Å². The maximum absolute atomic E-state index is 11.9. The van der Waals surface area contributed by atoms with Gasteiger partial charge >= 0.3 is 11.2 Å². The van der Waals surface area contributed by atoms with Gasteiger partial charge in [-0.3, -0.25) is 14.9 Å². The number of anilines is 1. The van der Waals surface area contributed by atoms with Gasteiger partial charge < -0.3 is 9.88 Å². The molecule has 0 aliphatic carbocycles. The van der Waals surface area contributed by atoms with E-state index in [1.165, 1.54) is 34.2 Å². The first kappa shape index (κ1) is 14.2. The fourth-order valence-electron chi connectivity index (χ4n) is 1.65. The molecule has 0 aliphatic heterocycles. The average Bonchev–Trinajstić information content (AvgIpc) is 2.86. The number of aromatic nitrogens is 2. The van der Waals surface area contributed by atoms with E-state index < -0.39 is 16.2 Å². The quantitative estimate of drug-likeness (QED) is 0.650. The lowest BCUT2D eigenvalue weighted by Gasteiger charge is -2.02. The number of thiazole rings is 1. The van der Waals surface area contributed by atoms with Crippen LogP contribution in [0.25, 0.3) is 0 Å². The van der Waals surface area contributed by atoms with Crippen LogP contribution in [0.4, 0.5) is 10.8 Å². The molecule has 2 heterocycles. The first-order chi connectivity index (χ1) is 9.61. The molecule has 2 rings (SSSR count). The summed E-state index contributed by atoms with van der Waals surface area (Å²) in [6.45, 7) is 3.18. The topological polar surface area (TPSA) is 90.1 Å². The number of pyridine rings is 1. The average molecular weight is 294 g/mol. The van der Waals surface area contributed by atoms with Crippen LogP contribution in [-0.4, -0.2) is 21.0 Å². The molecule has 106 valence electrons. The van der Waals surface area contributed by atoms with Gasteiger partial charge in [0.15, 0.2) is 5.13 Å². The standard InChI is InChI=1S/C12H14N4O3S/c1-2-5-13-12-14-7-9(20-12)8-15-6-3-4-10(11(15)17)16(18)19/h3-4,6-7H,2,5,8H2,1H3,(H,13,14). The Hall–Kier alpha value is -2.22. The number of nitrogens with zero attached hydrogens (tertiary/aromatic N) is 3. The maximum atomic E-state index is 11.9. The van der Waals surface area contributed by atoms with Gasteiger partial charge in [0.05, 0.1) is 11.5 Å². The predicted octanol–water partition coefficient (Wildman–Crippen LogP) is 2.08. The van der Waals surface area contributed by atoms with E-state index in [9.17, 15) is 14.9 Å². The minimum absolute atomic E-state index is 0.284. The summed E-state index contributed by atoms with van der Waals surface area (Å²) >= 11 is 1.44. The van der Waals surface area contributed by atoms with E-state index in [1.54, 1.807) is 6.20 Å². The smallest absolute Gasteiger partial charge is 0.334 e. The highest BCUT2D eigenvalue weighted by Gasteiger charge is 2.14. The summed E-state index contributed by atoms with van der Waals surface area (Å²) < 4.78 is 1.31. The van der Waals surface area contributed by atoms with Crippen LogP contribution in [0, 0.1) is 10.1 Å². The lowest BCUT2D eigenvalue weighted by Crippen LogP contribution is -2.21. The zero-order chi connectivity index (χ0) is 14.5. The molecule has 0 unspecified atom stereocenters. The van der Waals surface area contributed by atoms with Crippen molar-refractivity contribution in [2.75, 3.05) is 11.9 Å². The van der Waals surface area contributed by atoms with Crippen molar-refractivity contribution in [2.45, 2.75) is 19.9 Å². The second kappa shape index (κ2) is 6.29. The summed E-state index contributed by atoms with van der Waals surface area (Å²) in [6.07, 6.45) is 4.21. The minimum atomic E-state index is -0.667. The minimum Gasteiger partial charge on any atom is -0.362 e. The SMILES string of the molecule is CCCNc1ncc(Cn2cccc([N+](=O)[O-])c2=O)s1. The third kappa shape index (κ3) is 3.21. The molecular weight excluding hydrogens is 280 g/mol. The van der Waals surface area contributed by atoms with E-state index in [1.807, 2.05) is 0 Å². The zero-order valence-corrected chi connectivity index (χ0v) is 11.7. The van der Waals surface area contributed by atoms with Crippen LogP contribution in [0.15, 0.2) is 29.3 Å². The molecule has 0 atom stereocenters. The van der Waals surface area contributed by atoms with Crippen molar-refractivity contribution in [1.82, 2.24) is 9.55 Å². The van der Waals surface area contributed by atoms with Crippen LogP contribution < -0.4 is 10.9 Å². The molecule has 8 heteroatoms. The molecule has 0 bridgehead atoms. The fourth-order valence-corrected chi connectivity index (χ4v) is 2.49. The molecule has 7 nitrogen and oxygen atoms in total. The van der Waals surface area contributed by atoms with Crippen LogP contribution in [0.5, 0.6) is 0 Å². The van der Waals surface area contributed by atoms with Gasteiger partial charge in [0.25, 0.3) is 0 Å². The monoisotopic (exact) mass is 294 g/mol. The van der Waals surface area contributed by atoms with Crippen molar-refractivity contribution in [3.05, 3.63) is 49.9 Å². The van der Waals surface area contributed by atoms with E-state index in [0.29, 0.717) is 0 Å². The van der Waals surface area contributed by atoms with E-state index in [-0.39, 0.29) is 6.54 Å². The number of nitrogens with one attached hydrogen (secondary N) is 1. The summed E-state index contributed by atoms with van der Waals surface area (Å²) in [4.78, 5) is 27.0. The highest BCUT2D eigenvalue weighted by atomic mass is 32.1. The number of hydrogen-bond acceptors (Lipinski definition) is 6. The highest BCUT2D eigenvalue weighted by molar-refractivity contribution is 7.15. The molecule has 0 radical (unpaired) electrons. The van der Waals surface area contributed by atoms with Gasteiger partial charge in [0, 0.05) is 29.9 Å². The maximum Gasteiger partial charge on any atom is 0.334 e. The van der Waals surface area contributed by atoms with Crippen LogP contribution in [-0.2, 0) is 6.54 Å². The Morgan fingerprint density at radius 2 is 2.35 bits per heavy atom. The third-order valence-electron chi connectivity index (χ3n) is 2.60. The second-order valence-corrected chi connectivity index (χ2v) is 5.26. The van der Waals surface area contributed by atoms with Gasteiger partial charge in [0.2, 0.25) is 0 Å². The predicted molar refractivity (Wildman–Crippen MR) is 77.4 cm³/mol. The molecule has 20 heavy (non-hydrogen) atoms. The van der Waals surface area contributed by atoms with Crippen molar-refractivity contribution in [1.29, 1.82) is 0 Å². The van der Waals surface area contributed by atoms with Crippen molar-refractivity contribution < 1.29 is 4.92 Å². The van der Waals surface area contributed by atoms with Gasteiger partial charge in [0.1, 0.15) is 0 Å². The van der Waals surface area contributed by atoms with Crippen molar-refractivity contribution in [2.24, 2.45) is 0 Å². The van der Waals surface area contributed by atoms with Crippen molar-refractivity contribution >= 4 is 22.2 Å². The fraction of sp³-hybridized carbons (Fsp3) is 0.333. The van der Waals surface area contributed by atoms with Gasteiger partial charge in [-0.25, -0.2) is 4.98 Å². The first-order valence-corrected chi connectivity index (χ1v) is 6.96. The van der Waals surface area contributed by atoms with E-state index in [0.717, 1.165) is 23.0 Å². The number of nitro groups is 1. The Balaban J connectivity index is 2.18. The zero-order valence-electron chi connectivity index (χ0n) is 10.9. The normalized spacial score (nSPS) is 10.4. The second-order valence-electron chi connectivity index (χ2n) is 4.14. The van der Waals surface area contributed by atoms with Crippen LogP contribution in [0.3, 0.4) is 0 Å². The Morgan fingerprint density at radius 1 is 1.55 bits per heavy atom. The molecule has 0 spiro atoms. The first-order valence-electron chi connectivity index (χ1n) is 6.14. The van der Waals surface area contributed by atoms with Gasteiger partial charge in [-0.2, -0.15) is 0 Å². The molecular formula is C12H14N4O3S. The van der Waals surface area contributed by atoms with Gasteiger partial charge in [-0.05, 0) is 12.5 Å². The lowest BCUT2D eigenvalue weighted by atomic mass is 10.4. The van der Waals surface area contributed by atoms with E-state index >= 15 is 0 Å². The summed E-state index contributed by atoms with van der Waals surface area (Å²) in [5.41, 5.74) is -1.02. The summed E-state index contributed by atoms with van der Waals surface area (Å²) in [5, 5.41) is 14.7. The van der Waals surface area contributed by atoms with Gasteiger partial charge in [-0.1, -0.05) is 6.92 Å². The molecule has 0 fully saturated rings. The molecule has 0 saturated heterocycles. The summed E-state index contributed by atoms with van der Waals surface area (Å²) in [7, 11) is 0. The van der Waals surface area contributed by atoms with E-state index in [2.05, 4.69) is 17.2 Å². The number of hydrogen-bond donors (Lipinski definition) is 1. The van der Waals surface area contributed by atoms with Crippen molar-refractivity contribution in [3.8, 4) is 0 Å². The highest BCUT2D eigenvalue weighted by Crippen LogP contribution is 2.18. The van der Waals surface area contributed by atoms with Crippen LogP contribution in [0.2, 0.25) is 0 Å². The van der Waals surface area contributed by atoms with Gasteiger partial charge in [-0.15, -0.1) is 11.3 Å². The molecule has 0 aliphatic rings. The molecule has 0 aromatic carbocycles. The molecule has 2 aromatic rings. The van der Waals surface area contributed by atoms with Crippen LogP contribution in [0.1, 0.15) is 18.2 Å². The number of rotatable bonds is 6. The Bertz CT molecular complexity index is 665. The summed E-state index contributed by atoms with van der Waals surface area (Å²) in [5.74, 6) is 0. The molecule has 2 aromatic heterocycles. The summed E-state index contributed by atoms with van der Waals surface area (Å²) in [6, 6.07) is 2.70.